The third kappa shape index (κ3) is 5.52. The molecular weight excluding hydrogens is 246 g/mol. The number of para-hydroxylation sites is 1. The van der Waals surface area contributed by atoms with Gasteiger partial charge in [-0.3, -0.25) is 9.59 Å². The van der Waals surface area contributed by atoms with Crippen molar-refractivity contribution in [3.63, 3.8) is 0 Å². The first-order chi connectivity index (χ1) is 9.15. The number of aliphatic carboxylic acids is 1. The Balaban J connectivity index is 2.43. The van der Waals surface area contributed by atoms with Crippen LogP contribution in [0, 0.1) is 0 Å². The van der Waals surface area contributed by atoms with E-state index in [1.807, 2.05) is 13.0 Å². The largest absolute Gasteiger partial charge is 0.493 e. The van der Waals surface area contributed by atoms with Crippen molar-refractivity contribution in [1.82, 2.24) is 5.32 Å². The van der Waals surface area contributed by atoms with Crippen LogP contribution in [0.1, 0.15) is 30.1 Å². The first-order valence-electron chi connectivity index (χ1n) is 6.32. The van der Waals surface area contributed by atoms with Crippen LogP contribution in [-0.4, -0.2) is 36.6 Å². The molecule has 0 saturated carbocycles. The van der Waals surface area contributed by atoms with E-state index >= 15 is 0 Å². The zero-order chi connectivity index (χ0) is 14.1. The lowest BCUT2D eigenvalue weighted by atomic mass is 10.1. The molecule has 5 nitrogen and oxygen atoms in total. The van der Waals surface area contributed by atoms with E-state index in [0.29, 0.717) is 30.9 Å². The van der Waals surface area contributed by atoms with E-state index in [4.69, 9.17) is 9.84 Å². The van der Waals surface area contributed by atoms with Crippen LogP contribution in [-0.2, 0) is 4.79 Å². The van der Waals surface area contributed by atoms with Crippen LogP contribution >= 0.6 is 0 Å². The maximum atomic E-state index is 12.0. The third-order valence-electron chi connectivity index (χ3n) is 2.52. The number of nitrogens with one attached hydrogen (secondary N) is 1. The van der Waals surface area contributed by atoms with Crippen LogP contribution in [0.5, 0.6) is 5.75 Å². The number of hydrogen-bond acceptors (Lipinski definition) is 4. The molecule has 1 aromatic rings. The second kappa shape index (κ2) is 8.26. The minimum Gasteiger partial charge on any atom is -0.493 e. The lowest BCUT2D eigenvalue weighted by Gasteiger charge is -2.09. The van der Waals surface area contributed by atoms with E-state index in [2.05, 4.69) is 5.32 Å². The molecule has 0 spiro atoms. The molecule has 0 aliphatic rings. The van der Waals surface area contributed by atoms with Crippen LogP contribution in [0.25, 0.3) is 0 Å². The lowest BCUT2D eigenvalue weighted by molar-refractivity contribution is -0.137. The Morgan fingerprint density at radius 2 is 2.05 bits per heavy atom. The van der Waals surface area contributed by atoms with Gasteiger partial charge in [-0.05, 0) is 32.0 Å². The highest BCUT2D eigenvalue weighted by Crippen LogP contribution is 2.18. The van der Waals surface area contributed by atoms with E-state index in [1.165, 1.54) is 0 Å². The molecule has 0 atom stereocenters. The molecule has 1 rings (SSSR count). The van der Waals surface area contributed by atoms with Crippen molar-refractivity contribution in [1.29, 1.82) is 0 Å². The van der Waals surface area contributed by atoms with Crippen molar-refractivity contribution in [2.24, 2.45) is 0 Å². The molecule has 0 saturated heterocycles. The molecule has 0 radical (unpaired) electrons. The van der Waals surface area contributed by atoms with Crippen LogP contribution < -0.4 is 10.1 Å². The fraction of sp³-hybridized carbons (Fsp3) is 0.429. The van der Waals surface area contributed by atoms with Gasteiger partial charge in [-0.15, -0.1) is 0 Å². The number of carboxylic acid groups (broad SMARTS) is 1. The average molecular weight is 265 g/mol. The van der Waals surface area contributed by atoms with E-state index in [0.717, 1.165) is 0 Å². The second-order valence-electron chi connectivity index (χ2n) is 4.03. The number of ketones is 1. The topological polar surface area (TPSA) is 75.6 Å². The molecular formula is C14H19NO4. The molecule has 0 aromatic heterocycles. The zero-order valence-corrected chi connectivity index (χ0v) is 11.0. The minimum atomic E-state index is -0.824. The molecule has 2 N–H and O–H groups in total. The highest BCUT2D eigenvalue weighted by Gasteiger charge is 2.11. The van der Waals surface area contributed by atoms with E-state index < -0.39 is 5.97 Å². The maximum absolute atomic E-state index is 12.0. The van der Waals surface area contributed by atoms with Gasteiger partial charge in [-0.1, -0.05) is 12.1 Å². The Hall–Kier alpha value is -1.88. The van der Waals surface area contributed by atoms with E-state index in [9.17, 15) is 9.59 Å². The summed E-state index contributed by atoms with van der Waals surface area (Å²) in [5.74, 6) is -0.295. The smallest absolute Gasteiger partial charge is 0.303 e. The summed E-state index contributed by atoms with van der Waals surface area (Å²) in [5, 5.41) is 11.4. The molecule has 5 heteroatoms. The molecule has 0 bridgehead atoms. The van der Waals surface area contributed by atoms with Gasteiger partial charge >= 0.3 is 5.97 Å². The van der Waals surface area contributed by atoms with Crippen molar-refractivity contribution in [3.05, 3.63) is 29.8 Å². The molecule has 0 aliphatic heterocycles. The summed E-state index contributed by atoms with van der Waals surface area (Å²) in [4.78, 5) is 22.3. The van der Waals surface area contributed by atoms with Gasteiger partial charge in [0.2, 0.25) is 0 Å². The fourth-order valence-corrected chi connectivity index (χ4v) is 1.64. The van der Waals surface area contributed by atoms with Crippen molar-refractivity contribution in [2.75, 3.05) is 19.7 Å². The maximum Gasteiger partial charge on any atom is 0.303 e. The number of benzene rings is 1. The molecule has 19 heavy (non-hydrogen) atoms. The SMILES string of the molecule is CCOc1ccccc1C(=O)CNCCCC(=O)O. The van der Waals surface area contributed by atoms with Crippen molar-refractivity contribution < 1.29 is 19.4 Å². The Labute approximate surface area is 112 Å². The van der Waals surface area contributed by atoms with Gasteiger partial charge in [0.1, 0.15) is 5.75 Å². The summed E-state index contributed by atoms with van der Waals surface area (Å²) in [6, 6.07) is 7.11. The molecule has 0 fully saturated rings. The summed E-state index contributed by atoms with van der Waals surface area (Å²) in [7, 11) is 0. The number of ether oxygens (including phenoxy) is 1. The van der Waals surface area contributed by atoms with E-state index in [-0.39, 0.29) is 18.7 Å². The Kier molecular flexibility index (Phi) is 6.60. The second-order valence-corrected chi connectivity index (χ2v) is 4.03. The Morgan fingerprint density at radius 1 is 1.32 bits per heavy atom. The zero-order valence-electron chi connectivity index (χ0n) is 11.0. The van der Waals surface area contributed by atoms with Gasteiger partial charge in [-0.2, -0.15) is 0 Å². The van der Waals surface area contributed by atoms with Crippen LogP contribution in [0.4, 0.5) is 0 Å². The predicted molar refractivity (Wildman–Crippen MR) is 71.7 cm³/mol. The predicted octanol–water partition coefficient (Wildman–Crippen LogP) is 1.72. The Morgan fingerprint density at radius 3 is 2.74 bits per heavy atom. The monoisotopic (exact) mass is 265 g/mol. The molecule has 104 valence electrons. The van der Waals surface area contributed by atoms with Crippen LogP contribution in [0.3, 0.4) is 0 Å². The minimum absolute atomic E-state index is 0.0561. The van der Waals surface area contributed by atoms with Gasteiger partial charge in [0.15, 0.2) is 5.78 Å². The van der Waals surface area contributed by atoms with E-state index in [1.54, 1.807) is 18.2 Å². The molecule has 0 heterocycles. The van der Waals surface area contributed by atoms with Crippen molar-refractivity contribution in [3.8, 4) is 5.75 Å². The standard InChI is InChI=1S/C14H19NO4/c1-2-19-13-7-4-3-6-11(13)12(16)10-15-9-5-8-14(17)18/h3-4,6-7,15H,2,5,8-10H2,1H3,(H,17,18). The number of carbonyl (C=O) groups is 2. The third-order valence-corrected chi connectivity index (χ3v) is 2.52. The quantitative estimate of drug-likeness (QED) is 0.525. The summed E-state index contributed by atoms with van der Waals surface area (Å²) in [6.07, 6.45) is 0.618. The van der Waals surface area contributed by atoms with Gasteiger partial charge in [-0.25, -0.2) is 0 Å². The Bertz CT molecular complexity index is 431. The number of rotatable bonds is 9. The fourth-order valence-electron chi connectivity index (χ4n) is 1.64. The number of Topliss-reactive ketones (excluding diaryl/α,β-unsaturated/α-hetero) is 1. The molecule has 0 unspecified atom stereocenters. The molecule has 1 aromatic carbocycles. The normalized spacial score (nSPS) is 10.2. The first-order valence-corrected chi connectivity index (χ1v) is 6.32. The van der Waals surface area contributed by atoms with Gasteiger partial charge < -0.3 is 15.2 Å². The average Bonchev–Trinajstić information content (AvgIpc) is 2.39. The number of carboxylic acids is 1. The van der Waals surface area contributed by atoms with Crippen LogP contribution in [0.2, 0.25) is 0 Å². The summed E-state index contributed by atoms with van der Waals surface area (Å²) < 4.78 is 5.39. The summed E-state index contributed by atoms with van der Waals surface area (Å²) >= 11 is 0. The first kappa shape index (κ1) is 15.2. The van der Waals surface area contributed by atoms with Gasteiger partial charge in [0, 0.05) is 6.42 Å². The van der Waals surface area contributed by atoms with Crippen LogP contribution in [0.15, 0.2) is 24.3 Å². The lowest BCUT2D eigenvalue weighted by Crippen LogP contribution is -2.24. The highest BCUT2D eigenvalue weighted by molar-refractivity contribution is 6.00. The number of hydrogen-bond donors (Lipinski definition) is 2. The molecule has 0 amide bonds. The van der Waals surface area contributed by atoms with Gasteiger partial charge in [0.05, 0.1) is 18.7 Å². The summed E-state index contributed by atoms with van der Waals surface area (Å²) in [5.41, 5.74) is 0.551. The number of carbonyl (C=O) groups excluding carboxylic acids is 1. The highest BCUT2D eigenvalue weighted by atomic mass is 16.5. The van der Waals surface area contributed by atoms with Crippen molar-refractivity contribution in [2.45, 2.75) is 19.8 Å². The molecule has 0 aliphatic carbocycles. The van der Waals surface area contributed by atoms with Gasteiger partial charge in [0.25, 0.3) is 0 Å². The van der Waals surface area contributed by atoms with Crippen molar-refractivity contribution >= 4 is 11.8 Å². The summed E-state index contributed by atoms with van der Waals surface area (Å²) in [6.45, 7) is 3.07.